The average molecular weight is 315 g/mol. The van der Waals surface area contributed by atoms with E-state index in [0.29, 0.717) is 32.5 Å². The molecule has 0 aromatic heterocycles. The fraction of sp³-hybridized carbons (Fsp3) is 0.412. The zero-order valence-electron chi connectivity index (χ0n) is 12.9. The monoisotopic (exact) mass is 315 g/mol. The minimum Gasteiger partial charge on any atom is -0.491 e. The largest absolute Gasteiger partial charge is 0.491 e. The van der Waals surface area contributed by atoms with Crippen LogP contribution in [0.25, 0.3) is 0 Å². The van der Waals surface area contributed by atoms with Gasteiger partial charge in [0.15, 0.2) is 0 Å². The Morgan fingerprint density at radius 3 is 2.83 bits per heavy atom. The summed E-state index contributed by atoms with van der Waals surface area (Å²) in [4.78, 5) is 25.8. The second-order valence-corrected chi connectivity index (χ2v) is 5.89. The lowest BCUT2D eigenvalue weighted by Gasteiger charge is -2.30. The van der Waals surface area contributed by atoms with Crippen LogP contribution in [0.2, 0.25) is 0 Å². The Labute approximate surface area is 135 Å². The van der Waals surface area contributed by atoms with Gasteiger partial charge in [-0.25, -0.2) is 4.79 Å². The van der Waals surface area contributed by atoms with E-state index < -0.39 is 0 Å². The van der Waals surface area contributed by atoms with Crippen LogP contribution in [0.15, 0.2) is 36.4 Å². The van der Waals surface area contributed by atoms with Crippen molar-refractivity contribution in [2.24, 2.45) is 11.7 Å². The van der Waals surface area contributed by atoms with Gasteiger partial charge in [-0.2, -0.15) is 0 Å². The van der Waals surface area contributed by atoms with E-state index >= 15 is 0 Å². The molecule has 6 heteroatoms. The third-order valence-corrected chi connectivity index (χ3v) is 4.35. The number of ether oxygens (including phenoxy) is 1. The maximum Gasteiger partial charge on any atom is 0.318 e. The Balaban J connectivity index is 1.68. The molecular formula is C17H21N3O3. The molecule has 3 N–H and O–H groups in total. The number of nitrogens with one attached hydrogen (secondary N) is 1. The summed E-state index contributed by atoms with van der Waals surface area (Å²) in [6, 6.07) is 7.28. The smallest absolute Gasteiger partial charge is 0.318 e. The first-order valence-electron chi connectivity index (χ1n) is 7.85. The van der Waals surface area contributed by atoms with Crippen molar-refractivity contribution in [3.05, 3.63) is 42.0 Å². The Morgan fingerprint density at radius 1 is 1.22 bits per heavy atom. The molecule has 0 fully saturated rings. The number of primary amides is 1. The predicted octanol–water partition coefficient (Wildman–Crippen LogP) is 1.41. The molecule has 1 aliphatic carbocycles. The molecule has 122 valence electrons. The van der Waals surface area contributed by atoms with E-state index in [1.54, 1.807) is 4.90 Å². The molecule has 3 amide bonds. The molecule has 3 rings (SSSR count). The van der Waals surface area contributed by atoms with E-state index in [2.05, 4.69) is 5.32 Å². The van der Waals surface area contributed by atoms with Crippen LogP contribution >= 0.6 is 0 Å². The molecule has 1 aromatic rings. The molecule has 1 aliphatic heterocycles. The van der Waals surface area contributed by atoms with Crippen LogP contribution in [0.1, 0.15) is 18.4 Å². The number of carbonyl (C=O) groups is 2. The van der Waals surface area contributed by atoms with Crippen LogP contribution in [0.4, 0.5) is 4.79 Å². The van der Waals surface area contributed by atoms with E-state index in [0.717, 1.165) is 11.3 Å². The van der Waals surface area contributed by atoms with Gasteiger partial charge in [-0.15, -0.1) is 0 Å². The van der Waals surface area contributed by atoms with E-state index in [4.69, 9.17) is 10.5 Å². The minimum atomic E-state index is -0.371. The summed E-state index contributed by atoms with van der Waals surface area (Å²) in [6.45, 7) is 1.45. The maximum atomic E-state index is 12.6. The van der Waals surface area contributed by atoms with Crippen LogP contribution in [0.3, 0.4) is 0 Å². The molecule has 1 heterocycles. The third kappa shape index (κ3) is 3.47. The van der Waals surface area contributed by atoms with Gasteiger partial charge in [-0.3, -0.25) is 4.79 Å². The lowest BCUT2D eigenvalue weighted by atomic mass is 9.88. The highest BCUT2D eigenvalue weighted by molar-refractivity contribution is 5.80. The highest BCUT2D eigenvalue weighted by atomic mass is 16.5. The molecule has 2 atom stereocenters. The summed E-state index contributed by atoms with van der Waals surface area (Å²) in [5.74, 6) is 0.0991. The third-order valence-electron chi connectivity index (χ3n) is 4.35. The number of carbonyl (C=O) groups excluding carboxylic acids is 2. The molecule has 1 aromatic carbocycles. The van der Waals surface area contributed by atoms with Crippen molar-refractivity contribution in [3.63, 3.8) is 0 Å². The van der Waals surface area contributed by atoms with Gasteiger partial charge < -0.3 is 20.7 Å². The Morgan fingerprint density at radius 2 is 2.00 bits per heavy atom. The number of benzene rings is 1. The molecule has 0 radical (unpaired) electrons. The Bertz CT molecular complexity index is 629. The fourth-order valence-corrected chi connectivity index (χ4v) is 3.04. The van der Waals surface area contributed by atoms with E-state index in [1.807, 2.05) is 36.4 Å². The number of nitrogens with two attached hydrogens (primary N) is 1. The average Bonchev–Trinajstić information content (AvgIpc) is 2.77. The minimum absolute atomic E-state index is 0.183. The number of urea groups is 1. The number of rotatable bonds is 2. The molecular weight excluding hydrogens is 294 g/mol. The van der Waals surface area contributed by atoms with Gasteiger partial charge >= 0.3 is 6.03 Å². The van der Waals surface area contributed by atoms with Gasteiger partial charge in [-0.1, -0.05) is 30.4 Å². The van der Waals surface area contributed by atoms with Crippen molar-refractivity contribution < 1.29 is 14.3 Å². The van der Waals surface area contributed by atoms with E-state index in [1.165, 1.54) is 0 Å². The fourth-order valence-electron chi connectivity index (χ4n) is 3.04. The van der Waals surface area contributed by atoms with E-state index in [-0.39, 0.29) is 23.9 Å². The summed E-state index contributed by atoms with van der Waals surface area (Å²) < 4.78 is 5.67. The maximum absolute atomic E-state index is 12.6. The lowest BCUT2D eigenvalue weighted by Crippen LogP contribution is -2.50. The number of para-hydroxylation sites is 1. The second-order valence-electron chi connectivity index (χ2n) is 5.89. The van der Waals surface area contributed by atoms with E-state index in [9.17, 15) is 9.59 Å². The number of hydrogen-bond donors (Lipinski definition) is 2. The number of nitrogens with zero attached hydrogens (tertiary/aromatic N) is 1. The molecule has 0 saturated heterocycles. The van der Waals surface area contributed by atoms with Crippen molar-refractivity contribution >= 4 is 11.9 Å². The van der Waals surface area contributed by atoms with Gasteiger partial charge in [0.2, 0.25) is 5.91 Å². The van der Waals surface area contributed by atoms with Crippen LogP contribution in [0, 0.1) is 5.92 Å². The number of hydrogen-bond acceptors (Lipinski definition) is 3. The summed E-state index contributed by atoms with van der Waals surface area (Å²) in [5.41, 5.74) is 6.42. The predicted molar refractivity (Wildman–Crippen MR) is 85.7 cm³/mol. The van der Waals surface area contributed by atoms with Crippen molar-refractivity contribution in [1.29, 1.82) is 0 Å². The summed E-state index contributed by atoms with van der Waals surface area (Å²) >= 11 is 0. The zero-order chi connectivity index (χ0) is 16.2. The van der Waals surface area contributed by atoms with Gasteiger partial charge in [0.1, 0.15) is 12.4 Å². The van der Waals surface area contributed by atoms with Crippen LogP contribution in [-0.4, -0.2) is 36.0 Å². The summed E-state index contributed by atoms with van der Waals surface area (Å²) in [5, 5.41) is 2.96. The van der Waals surface area contributed by atoms with Crippen LogP contribution in [-0.2, 0) is 11.3 Å². The first-order valence-corrected chi connectivity index (χ1v) is 7.85. The standard InChI is InChI=1S/C17H21N3O3/c18-16(21)13-6-2-3-7-14(13)19-17(22)20-9-10-23-15-8-4-1-5-12(15)11-20/h1-5,8,13-14H,6-7,9-11H2,(H2,18,21)(H,19,22)/t13-,14-/m1/s1. The normalized spacial score (nSPS) is 23.4. The van der Waals surface area contributed by atoms with Gasteiger partial charge in [-0.05, 0) is 18.9 Å². The molecule has 0 saturated carbocycles. The topological polar surface area (TPSA) is 84.7 Å². The quantitative estimate of drug-likeness (QED) is 0.809. The summed E-state index contributed by atoms with van der Waals surface area (Å²) in [6.07, 6.45) is 5.12. The molecule has 23 heavy (non-hydrogen) atoms. The Kier molecular flexibility index (Phi) is 4.50. The number of allylic oxidation sites excluding steroid dienone is 1. The van der Waals surface area contributed by atoms with Crippen molar-refractivity contribution in [1.82, 2.24) is 10.2 Å². The highest BCUT2D eigenvalue weighted by Crippen LogP contribution is 2.23. The molecule has 2 aliphatic rings. The van der Waals surface area contributed by atoms with Crippen molar-refractivity contribution in [2.45, 2.75) is 25.4 Å². The Hall–Kier alpha value is -2.50. The number of fused-ring (bicyclic) bond motifs is 1. The molecule has 0 bridgehead atoms. The van der Waals surface area contributed by atoms with Crippen LogP contribution < -0.4 is 15.8 Å². The van der Waals surface area contributed by atoms with Gasteiger partial charge in [0.05, 0.1) is 19.0 Å². The SMILES string of the molecule is NC(=O)[C@@H]1CC=CC[C@H]1NC(=O)N1CCOc2ccccc2C1. The highest BCUT2D eigenvalue weighted by Gasteiger charge is 2.30. The molecule has 0 spiro atoms. The van der Waals surface area contributed by atoms with Crippen LogP contribution in [0.5, 0.6) is 5.75 Å². The first-order chi connectivity index (χ1) is 11.1. The van der Waals surface area contributed by atoms with Crippen molar-refractivity contribution in [2.75, 3.05) is 13.2 Å². The first kappa shape index (κ1) is 15.4. The van der Waals surface area contributed by atoms with Gasteiger partial charge in [0, 0.05) is 11.6 Å². The molecule has 6 nitrogen and oxygen atoms in total. The van der Waals surface area contributed by atoms with Crippen molar-refractivity contribution in [3.8, 4) is 5.75 Å². The number of amides is 3. The summed E-state index contributed by atoms with van der Waals surface area (Å²) in [7, 11) is 0. The zero-order valence-corrected chi connectivity index (χ0v) is 12.9. The lowest BCUT2D eigenvalue weighted by molar-refractivity contribution is -0.122. The second kappa shape index (κ2) is 6.73. The van der Waals surface area contributed by atoms with Gasteiger partial charge in [0.25, 0.3) is 0 Å². The molecule has 0 unspecified atom stereocenters.